The van der Waals surface area contributed by atoms with Crippen LogP contribution in [0.5, 0.6) is 0 Å². The monoisotopic (exact) mass is 248 g/mol. The quantitative estimate of drug-likeness (QED) is 0.605. The third kappa shape index (κ3) is 3.48. The van der Waals surface area contributed by atoms with E-state index in [2.05, 4.69) is 6.58 Å². The van der Waals surface area contributed by atoms with Crippen molar-refractivity contribution < 1.29 is 29.2 Å². The summed E-state index contributed by atoms with van der Waals surface area (Å²) >= 11 is 0. The van der Waals surface area contributed by atoms with E-state index in [-0.39, 0.29) is 13.2 Å². The lowest BCUT2D eigenvalue weighted by atomic mass is 9.99. The molecule has 0 radical (unpaired) electrons. The minimum atomic E-state index is -1.15. The van der Waals surface area contributed by atoms with Gasteiger partial charge in [0, 0.05) is 14.2 Å². The number of methoxy groups -OCH3 is 2. The lowest BCUT2D eigenvalue weighted by Crippen LogP contribution is -2.60. The van der Waals surface area contributed by atoms with Crippen molar-refractivity contribution in [2.45, 2.75) is 30.7 Å². The highest BCUT2D eigenvalue weighted by atomic mass is 16.7. The summed E-state index contributed by atoms with van der Waals surface area (Å²) in [5.74, 6) is 0. The number of aliphatic hydroxyl groups excluding tert-OH is 2. The van der Waals surface area contributed by atoms with Gasteiger partial charge >= 0.3 is 0 Å². The second-order valence-electron chi connectivity index (χ2n) is 3.80. The molecule has 0 amide bonds. The summed E-state index contributed by atoms with van der Waals surface area (Å²) in [7, 11) is 2.92. The first-order valence-corrected chi connectivity index (χ1v) is 5.41. The number of hydrogen-bond acceptors (Lipinski definition) is 6. The van der Waals surface area contributed by atoms with Gasteiger partial charge in [0.1, 0.15) is 24.4 Å². The Morgan fingerprint density at radius 2 is 2.00 bits per heavy atom. The fraction of sp³-hybridized carbons (Fsp3) is 0.818. The Balaban J connectivity index is 2.71. The molecule has 1 aliphatic rings. The highest BCUT2D eigenvalue weighted by Gasteiger charge is 2.45. The summed E-state index contributed by atoms with van der Waals surface area (Å²) < 4.78 is 20.8. The normalized spacial score (nSPS) is 38.0. The van der Waals surface area contributed by atoms with Gasteiger partial charge in [-0.15, -0.1) is 6.58 Å². The second-order valence-corrected chi connectivity index (χ2v) is 3.80. The van der Waals surface area contributed by atoms with E-state index < -0.39 is 30.7 Å². The summed E-state index contributed by atoms with van der Waals surface area (Å²) in [5.41, 5.74) is 0. The van der Waals surface area contributed by atoms with E-state index in [1.54, 1.807) is 6.08 Å². The van der Waals surface area contributed by atoms with Gasteiger partial charge in [-0.1, -0.05) is 6.08 Å². The molecule has 6 heteroatoms. The summed E-state index contributed by atoms with van der Waals surface area (Å²) in [6, 6.07) is 0. The molecule has 1 rings (SSSR count). The van der Waals surface area contributed by atoms with Crippen LogP contribution < -0.4 is 0 Å². The highest BCUT2D eigenvalue weighted by molar-refractivity contribution is 4.91. The lowest BCUT2D eigenvalue weighted by Gasteiger charge is -2.41. The molecule has 0 aromatic carbocycles. The van der Waals surface area contributed by atoms with E-state index in [0.29, 0.717) is 0 Å². The molecular formula is C11H20O6. The van der Waals surface area contributed by atoms with E-state index in [9.17, 15) is 10.2 Å². The molecule has 1 saturated heterocycles. The fourth-order valence-corrected chi connectivity index (χ4v) is 1.78. The molecule has 0 aromatic heterocycles. The zero-order valence-electron chi connectivity index (χ0n) is 10.1. The molecule has 0 saturated carbocycles. The average molecular weight is 248 g/mol. The van der Waals surface area contributed by atoms with Gasteiger partial charge in [-0.25, -0.2) is 0 Å². The summed E-state index contributed by atoms with van der Waals surface area (Å²) in [6.07, 6.45) is -2.73. The largest absolute Gasteiger partial charge is 0.387 e. The Labute approximate surface area is 101 Å². The molecule has 17 heavy (non-hydrogen) atoms. The lowest BCUT2D eigenvalue weighted by molar-refractivity contribution is -0.301. The molecule has 100 valence electrons. The second kappa shape index (κ2) is 7.05. The fourth-order valence-electron chi connectivity index (χ4n) is 1.78. The summed E-state index contributed by atoms with van der Waals surface area (Å²) in [4.78, 5) is 0. The van der Waals surface area contributed by atoms with E-state index in [0.717, 1.165) is 0 Å². The third-order valence-electron chi connectivity index (χ3n) is 2.61. The number of aliphatic hydroxyl groups is 2. The molecule has 5 unspecified atom stereocenters. The standard InChI is InChI=1S/C11H20O6/c1-4-5-16-10-7(6-14-2)17-11(15-3)9(13)8(10)12/h4,7-13H,1,5-6H2,2-3H3. The van der Waals surface area contributed by atoms with Gasteiger partial charge in [0.15, 0.2) is 6.29 Å². The van der Waals surface area contributed by atoms with Crippen LogP contribution in [0.1, 0.15) is 0 Å². The van der Waals surface area contributed by atoms with Crippen molar-refractivity contribution in [3.05, 3.63) is 12.7 Å². The smallest absolute Gasteiger partial charge is 0.186 e. The first-order chi connectivity index (χ1) is 8.15. The van der Waals surface area contributed by atoms with Gasteiger partial charge in [-0.05, 0) is 0 Å². The van der Waals surface area contributed by atoms with Crippen LogP contribution in [-0.4, -0.2) is 68.4 Å². The van der Waals surface area contributed by atoms with Crippen LogP contribution in [0.25, 0.3) is 0 Å². The van der Waals surface area contributed by atoms with Crippen LogP contribution >= 0.6 is 0 Å². The van der Waals surface area contributed by atoms with Crippen molar-refractivity contribution in [2.75, 3.05) is 27.4 Å². The van der Waals surface area contributed by atoms with Crippen molar-refractivity contribution in [1.29, 1.82) is 0 Å². The van der Waals surface area contributed by atoms with Crippen LogP contribution in [0.15, 0.2) is 12.7 Å². The Morgan fingerprint density at radius 1 is 1.29 bits per heavy atom. The summed E-state index contributed by atoms with van der Waals surface area (Å²) in [6.45, 7) is 4.03. The van der Waals surface area contributed by atoms with Crippen molar-refractivity contribution in [3.63, 3.8) is 0 Å². The van der Waals surface area contributed by atoms with Gasteiger partial charge in [0.05, 0.1) is 13.2 Å². The number of ether oxygens (including phenoxy) is 4. The van der Waals surface area contributed by atoms with Gasteiger partial charge in [0.25, 0.3) is 0 Å². The van der Waals surface area contributed by atoms with E-state index in [4.69, 9.17) is 18.9 Å². The van der Waals surface area contributed by atoms with Crippen molar-refractivity contribution >= 4 is 0 Å². The minimum Gasteiger partial charge on any atom is -0.387 e. The van der Waals surface area contributed by atoms with Crippen LogP contribution in [-0.2, 0) is 18.9 Å². The Morgan fingerprint density at radius 3 is 2.53 bits per heavy atom. The molecule has 2 N–H and O–H groups in total. The molecule has 6 nitrogen and oxygen atoms in total. The van der Waals surface area contributed by atoms with Crippen molar-refractivity contribution in [1.82, 2.24) is 0 Å². The maximum Gasteiger partial charge on any atom is 0.186 e. The Hall–Kier alpha value is -0.500. The van der Waals surface area contributed by atoms with Gasteiger partial charge in [-0.2, -0.15) is 0 Å². The van der Waals surface area contributed by atoms with Crippen LogP contribution in [0, 0.1) is 0 Å². The number of hydrogen-bond donors (Lipinski definition) is 2. The van der Waals surface area contributed by atoms with Gasteiger partial charge < -0.3 is 29.2 Å². The van der Waals surface area contributed by atoms with Crippen molar-refractivity contribution in [3.8, 4) is 0 Å². The van der Waals surface area contributed by atoms with Crippen molar-refractivity contribution in [2.24, 2.45) is 0 Å². The molecule has 1 aliphatic heterocycles. The first kappa shape index (κ1) is 14.6. The van der Waals surface area contributed by atoms with Crippen LogP contribution in [0.2, 0.25) is 0 Å². The predicted molar refractivity (Wildman–Crippen MR) is 59.5 cm³/mol. The van der Waals surface area contributed by atoms with Crippen LogP contribution in [0.3, 0.4) is 0 Å². The molecule has 1 fully saturated rings. The van der Waals surface area contributed by atoms with Crippen LogP contribution in [0.4, 0.5) is 0 Å². The summed E-state index contributed by atoms with van der Waals surface area (Å²) in [5, 5.41) is 19.7. The Bertz CT molecular complexity index is 234. The molecule has 0 spiro atoms. The molecule has 1 heterocycles. The van der Waals surface area contributed by atoms with Gasteiger partial charge in [-0.3, -0.25) is 0 Å². The van der Waals surface area contributed by atoms with Gasteiger partial charge in [0.2, 0.25) is 0 Å². The first-order valence-electron chi connectivity index (χ1n) is 5.41. The molecule has 0 bridgehead atoms. The van der Waals surface area contributed by atoms with E-state index >= 15 is 0 Å². The highest BCUT2D eigenvalue weighted by Crippen LogP contribution is 2.24. The molecular weight excluding hydrogens is 228 g/mol. The molecule has 0 aliphatic carbocycles. The molecule has 0 aromatic rings. The topological polar surface area (TPSA) is 77.4 Å². The van der Waals surface area contributed by atoms with E-state index in [1.807, 2.05) is 0 Å². The zero-order valence-corrected chi connectivity index (χ0v) is 10.1. The SMILES string of the molecule is C=CCOC1C(COC)OC(OC)C(O)C1O. The third-order valence-corrected chi connectivity index (χ3v) is 2.61. The molecule has 5 atom stereocenters. The average Bonchev–Trinajstić information content (AvgIpc) is 2.33. The maximum atomic E-state index is 9.94. The zero-order chi connectivity index (χ0) is 12.8. The Kier molecular flexibility index (Phi) is 6.04. The van der Waals surface area contributed by atoms with E-state index in [1.165, 1.54) is 14.2 Å². The predicted octanol–water partition coefficient (Wildman–Crippen LogP) is -0.703. The minimum absolute atomic E-state index is 0.242. The number of rotatable bonds is 6. The maximum absolute atomic E-state index is 9.94.